The van der Waals surface area contributed by atoms with Crippen molar-refractivity contribution in [3.8, 4) is 0 Å². The Morgan fingerprint density at radius 3 is 2.69 bits per heavy atom. The molecule has 1 saturated heterocycles. The van der Waals surface area contributed by atoms with E-state index < -0.39 is 0 Å². The van der Waals surface area contributed by atoms with E-state index in [1.54, 1.807) is 7.11 Å². The van der Waals surface area contributed by atoms with E-state index in [9.17, 15) is 4.79 Å². The van der Waals surface area contributed by atoms with Crippen LogP contribution < -0.4 is 5.32 Å². The summed E-state index contributed by atoms with van der Waals surface area (Å²) in [6, 6.07) is 0.642. The third kappa shape index (κ3) is 2.38. The van der Waals surface area contributed by atoms with Crippen LogP contribution in [0.15, 0.2) is 0 Å². The van der Waals surface area contributed by atoms with Crippen LogP contribution in [0.3, 0.4) is 0 Å². The second kappa shape index (κ2) is 4.34. The van der Waals surface area contributed by atoms with E-state index >= 15 is 0 Å². The summed E-state index contributed by atoms with van der Waals surface area (Å²) in [5, 5.41) is 3.41. The lowest BCUT2D eigenvalue weighted by Crippen LogP contribution is -2.51. The largest absolute Gasteiger partial charge is 0.382 e. The van der Waals surface area contributed by atoms with E-state index in [1.165, 1.54) is 12.8 Å². The lowest BCUT2D eigenvalue weighted by atomic mass is 10.1. The Kier molecular flexibility index (Phi) is 3.22. The topological polar surface area (TPSA) is 41.6 Å². The smallest absolute Gasteiger partial charge is 0.240 e. The fraction of sp³-hybridized carbons (Fsp3) is 0.917. The minimum Gasteiger partial charge on any atom is -0.382 e. The lowest BCUT2D eigenvalue weighted by Gasteiger charge is -2.35. The van der Waals surface area contributed by atoms with Gasteiger partial charge in [-0.05, 0) is 33.1 Å². The average Bonchev–Trinajstić information content (AvgIpc) is 2.92. The van der Waals surface area contributed by atoms with Gasteiger partial charge in [0.25, 0.3) is 0 Å². The number of rotatable bonds is 5. The molecule has 92 valence electrons. The lowest BCUT2D eigenvalue weighted by molar-refractivity contribution is -0.135. The number of methoxy groups -OCH3 is 1. The summed E-state index contributed by atoms with van der Waals surface area (Å²) in [5.74, 6) is 0.244. The van der Waals surface area contributed by atoms with Crippen LogP contribution >= 0.6 is 0 Å². The number of hydrogen-bond acceptors (Lipinski definition) is 3. The molecule has 0 aromatic rings. The summed E-state index contributed by atoms with van der Waals surface area (Å²) >= 11 is 0. The fourth-order valence-electron chi connectivity index (χ4n) is 2.40. The molecule has 0 aromatic heterocycles. The molecule has 0 spiro atoms. The molecule has 2 aliphatic rings. The van der Waals surface area contributed by atoms with Crippen LogP contribution in [0.2, 0.25) is 0 Å². The molecule has 1 amide bonds. The van der Waals surface area contributed by atoms with Crippen LogP contribution in [-0.4, -0.2) is 48.7 Å². The Balaban J connectivity index is 1.94. The highest BCUT2D eigenvalue weighted by Crippen LogP contribution is 2.26. The molecule has 0 radical (unpaired) electrons. The maximum absolute atomic E-state index is 12.2. The van der Waals surface area contributed by atoms with Crippen molar-refractivity contribution in [2.24, 2.45) is 0 Å². The Labute approximate surface area is 97.3 Å². The van der Waals surface area contributed by atoms with Crippen LogP contribution in [0, 0.1) is 0 Å². The highest BCUT2D eigenvalue weighted by molar-refractivity contribution is 5.84. The van der Waals surface area contributed by atoms with Gasteiger partial charge in [0.05, 0.1) is 18.2 Å². The van der Waals surface area contributed by atoms with Crippen molar-refractivity contribution in [2.75, 3.05) is 20.3 Å². The molecule has 4 nitrogen and oxygen atoms in total. The molecule has 1 aliphatic carbocycles. The van der Waals surface area contributed by atoms with Crippen molar-refractivity contribution >= 4 is 5.91 Å². The molecule has 1 saturated carbocycles. The number of ether oxygens (including phenoxy) is 1. The number of hydrogen-bond donors (Lipinski definition) is 1. The fourth-order valence-corrected chi connectivity index (χ4v) is 2.40. The number of carbonyl (C=O) groups excluding carboxylic acids is 1. The summed E-state index contributed by atoms with van der Waals surface area (Å²) in [6.07, 6.45) is 3.39. The Hall–Kier alpha value is -0.610. The molecule has 0 bridgehead atoms. The van der Waals surface area contributed by atoms with Crippen LogP contribution in [0.5, 0.6) is 0 Å². The first-order valence-electron chi connectivity index (χ1n) is 6.11. The van der Waals surface area contributed by atoms with Crippen molar-refractivity contribution in [3.63, 3.8) is 0 Å². The van der Waals surface area contributed by atoms with Gasteiger partial charge in [-0.3, -0.25) is 4.79 Å². The highest BCUT2D eigenvalue weighted by Gasteiger charge is 2.41. The number of nitrogens with zero attached hydrogens (tertiary/aromatic N) is 1. The molecule has 2 rings (SSSR count). The number of amides is 1. The zero-order valence-corrected chi connectivity index (χ0v) is 10.5. The molecule has 1 unspecified atom stereocenters. The third-order valence-corrected chi connectivity index (χ3v) is 3.45. The normalized spacial score (nSPS) is 26.6. The van der Waals surface area contributed by atoms with E-state index in [1.807, 2.05) is 4.90 Å². The summed E-state index contributed by atoms with van der Waals surface area (Å²) in [5.41, 5.74) is -0.189. The number of nitrogens with one attached hydrogen (secondary N) is 1. The molecular formula is C12H22N2O2. The van der Waals surface area contributed by atoms with Gasteiger partial charge in [0.2, 0.25) is 5.91 Å². The Morgan fingerprint density at radius 1 is 1.44 bits per heavy atom. The quantitative estimate of drug-likeness (QED) is 0.752. The van der Waals surface area contributed by atoms with Gasteiger partial charge in [0.1, 0.15) is 0 Å². The van der Waals surface area contributed by atoms with Gasteiger partial charge < -0.3 is 15.0 Å². The second-order valence-electron chi connectivity index (χ2n) is 5.52. The average molecular weight is 226 g/mol. The first-order chi connectivity index (χ1) is 7.54. The van der Waals surface area contributed by atoms with Crippen molar-refractivity contribution in [1.29, 1.82) is 0 Å². The van der Waals surface area contributed by atoms with E-state index in [0.29, 0.717) is 12.6 Å². The van der Waals surface area contributed by atoms with E-state index in [-0.39, 0.29) is 17.5 Å². The molecular weight excluding hydrogens is 204 g/mol. The predicted octanol–water partition coefficient (Wildman–Crippen LogP) is 0.764. The third-order valence-electron chi connectivity index (χ3n) is 3.45. The first-order valence-corrected chi connectivity index (χ1v) is 6.11. The van der Waals surface area contributed by atoms with Crippen LogP contribution in [0.1, 0.15) is 33.1 Å². The molecule has 16 heavy (non-hydrogen) atoms. The SMILES string of the molecule is COCC(C)(C)N1CCC(NC2CC2)C1=O. The van der Waals surface area contributed by atoms with Gasteiger partial charge in [-0.2, -0.15) is 0 Å². The molecule has 2 fully saturated rings. The van der Waals surface area contributed by atoms with E-state index in [2.05, 4.69) is 19.2 Å². The van der Waals surface area contributed by atoms with Crippen molar-refractivity contribution in [3.05, 3.63) is 0 Å². The summed E-state index contributed by atoms with van der Waals surface area (Å²) in [6.45, 7) is 5.57. The van der Waals surface area contributed by atoms with Crippen molar-refractivity contribution in [1.82, 2.24) is 10.2 Å². The van der Waals surface area contributed by atoms with Crippen LogP contribution in [-0.2, 0) is 9.53 Å². The molecule has 0 aromatic carbocycles. The first kappa shape index (κ1) is 11.9. The summed E-state index contributed by atoms with van der Waals surface area (Å²) in [7, 11) is 1.68. The van der Waals surface area contributed by atoms with Gasteiger partial charge in [-0.25, -0.2) is 0 Å². The maximum Gasteiger partial charge on any atom is 0.240 e. The van der Waals surface area contributed by atoms with Crippen molar-refractivity contribution in [2.45, 2.75) is 50.7 Å². The van der Waals surface area contributed by atoms with Gasteiger partial charge in [-0.15, -0.1) is 0 Å². The predicted molar refractivity (Wildman–Crippen MR) is 62.2 cm³/mol. The zero-order chi connectivity index (χ0) is 11.8. The van der Waals surface area contributed by atoms with Gasteiger partial charge in [0.15, 0.2) is 0 Å². The standard InChI is InChI=1S/C12H22N2O2/c1-12(2,8-16-3)14-7-6-10(11(14)15)13-9-4-5-9/h9-10,13H,4-8H2,1-3H3. The molecule has 4 heteroatoms. The summed E-state index contributed by atoms with van der Waals surface area (Å²) < 4.78 is 5.18. The molecule has 1 N–H and O–H groups in total. The van der Waals surface area contributed by atoms with Gasteiger partial charge >= 0.3 is 0 Å². The number of likely N-dealkylation sites (tertiary alicyclic amines) is 1. The van der Waals surface area contributed by atoms with Crippen LogP contribution in [0.4, 0.5) is 0 Å². The van der Waals surface area contributed by atoms with Gasteiger partial charge in [0, 0.05) is 19.7 Å². The Morgan fingerprint density at radius 2 is 2.12 bits per heavy atom. The Bertz CT molecular complexity index is 274. The minimum atomic E-state index is -0.189. The van der Waals surface area contributed by atoms with Gasteiger partial charge in [-0.1, -0.05) is 0 Å². The van der Waals surface area contributed by atoms with E-state index in [0.717, 1.165) is 13.0 Å². The van der Waals surface area contributed by atoms with Crippen molar-refractivity contribution < 1.29 is 9.53 Å². The summed E-state index contributed by atoms with van der Waals surface area (Å²) in [4.78, 5) is 14.2. The zero-order valence-electron chi connectivity index (χ0n) is 10.5. The minimum absolute atomic E-state index is 0.0450. The monoisotopic (exact) mass is 226 g/mol. The maximum atomic E-state index is 12.2. The molecule has 1 atom stereocenters. The molecule has 1 aliphatic heterocycles. The molecule has 1 heterocycles. The highest BCUT2D eigenvalue weighted by atomic mass is 16.5. The van der Waals surface area contributed by atoms with Crippen LogP contribution in [0.25, 0.3) is 0 Å². The number of carbonyl (C=O) groups is 1. The second-order valence-corrected chi connectivity index (χ2v) is 5.52. The van der Waals surface area contributed by atoms with E-state index in [4.69, 9.17) is 4.74 Å².